The van der Waals surface area contributed by atoms with E-state index in [1.807, 2.05) is 0 Å². The molecule has 0 unspecified atom stereocenters. The highest BCUT2D eigenvalue weighted by molar-refractivity contribution is 7.89. The number of methoxy groups -OCH3 is 1. The minimum absolute atomic E-state index is 0.0463. The van der Waals surface area contributed by atoms with Crippen LogP contribution in [0.4, 0.5) is 0 Å². The molecule has 2 saturated heterocycles. The molecule has 10 heteroatoms. The quantitative estimate of drug-likeness (QED) is 0.654. The van der Waals surface area contributed by atoms with Crippen LogP contribution in [-0.4, -0.2) is 85.7 Å². The number of hydrogen-bond donors (Lipinski definition) is 0. The standard InChI is InChI=1S/C23H28N4O5S/c1-32-20-6-4-18(5-7-20)22(28)25-13-15-26(16-14-25)23(29)19-8-11-27(12-9-19)33(30,31)21-3-2-10-24-17-21/h2-7,10,17,19H,8-9,11-16H2,1H3. The molecule has 4 rings (SSSR count). The molecule has 0 bridgehead atoms. The van der Waals surface area contributed by atoms with Gasteiger partial charge in [0.15, 0.2) is 0 Å². The number of amides is 2. The van der Waals surface area contributed by atoms with Gasteiger partial charge in [0, 0.05) is 63.1 Å². The number of nitrogens with zero attached hydrogens (tertiary/aromatic N) is 4. The van der Waals surface area contributed by atoms with Crippen molar-refractivity contribution in [2.75, 3.05) is 46.4 Å². The number of aromatic nitrogens is 1. The van der Waals surface area contributed by atoms with Gasteiger partial charge in [-0.25, -0.2) is 8.42 Å². The second-order valence-corrected chi connectivity index (χ2v) is 10.2. The molecular formula is C23H28N4O5S. The average Bonchev–Trinajstić information content (AvgIpc) is 2.88. The zero-order valence-electron chi connectivity index (χ0n) is 18.6. The molecule has 1 aromatic carbocycles. The third-order valence-corrected chi connectivity index (χ3v) is 8.17. The second-order valence-electron chi connectivity index (χ2n) is 8.21. The summed E-state index contributed by atoms with van der Waals surface area (Å²) in [6, 6.07) is 10.1. The number of piperidine rings is 1. The first kappa shape index (κ1) is 23.2. The van der Waals surface area contributed by atoms with Gasteiger partial charge in [0.1, 0.15) is 10.6 Å². The first-order chi connectivity index (χ1) is 15.9. The van der Waals surface area contributed by atoms with E-state index in [1.165, 1.54) is 22.8 Å². The van der Waals surface area contributed by atoms with E-state index in [9.17, 15) is 18.0 Å². The van der Waals surface area contributed by atoms with Crippen LogP contribution in [0.15, 0.2) is 53.7 Å². The lowest BCUT2D eigenvalue weighted by molar-refractivity contribution is -0.138. The Morgan fingerprint density at radius 3 is 2.15 bits per heavy atom. The summed E-state index contributed by atoms with van der Waals surface area (Å²) >= 11 is 0. The molecule has 0 saturated carbocycles. The Balaban J connectivity index is 1.28. The highest BCUT2D eigenvalue weighted by atomic mass is 32.2. The van der Waals surface area contributed by atoms with Crippen LogP contribution in [0.1, 0.15) is 23.2 Å². The van der Waals surface area contributed by atoms with Crippen molar-refractivity contribution in [2.24, 2.45) is 5.92 Å². The van der Waals surface area contributed by atoms with E-state index < -0.39 is 10.0 Å². The lowest BCUT2D eigenvalue weighted by Crippen LogP contribution is -2.53. The van der Waals surface area contributed by atoms with Crippen LogP contribution < -0.4 is 4.74 Å². The molecule has 176 valence electrons. The fourth-order valence-corrected chi connectivity index (χ4v) is 5.73. The third-order valence-electron chi connectivity index (χ3n) is 6.29. The summed E-state index contributed by atoms with van der Waals surface area (Å²) in [6.45, 7) is 2.53. The van der Waals surface area contributed by atoms with Crippen molar-refractivity contribution in [3.05, 3.63) is 54.4 Å². The molecule has 2 aliphatic heterocycles. The van der Waals surface area contributed by atoms with Crippen molar-refractivity contribution in [2.45, 2.75) is 17.7 Å². The van der Waals surface area contributed by atoms with Crippen molar-refractivity contribution >= 4 is 21.8 Å². The van der Waals surface area contributed by atoms with Crippen molar-refractivity contribution in [1.82, 2.24) is 19.1 Å². The molecule has 2 amide bonds. The maximum Gasteiger partial charge on any atom is 0.253 e. The second kappa shape index (κ2) is 9.88. The van der Waals surface area contributed by atoms with Crippen LogP contribution in [0, 0.1) is 5.92 Å². The molecule has 0 atom stereocenters. The number of carbonyl (C=O) groups excluding carboxylic acids is 2. The summed E-state index contributed by atoms with van der Waals surface area (Å²) in [7, 11) is -2.01. The Labute approximate surface area is 194 Å². The Morgan fingerprint density at radius 2 is 1.58 bits per heavy atom. The molecule has 2 aromatic rings. The van der Waals surface area contributed by atoms with Crippen LogP contribution in [0.5, 0.6) is 5.75 Å². The van der Waals surface area contributed by atoms with Crippen LogP contribution in [0.2, 0.25) is 0 Å². The summed E-state index contributed by atoms with van der Waals surface area (Å²) in [5.41, 5.74) is 0.595. The lowest BCUT2D eigenvalue weighted by atomic mass is 9.96. The Morgan fingerprint density at radius 1 is 0.939 bits per heavy atom. The molecule has 9 nitrogen and oxygen atoms in total. The van der Waals surface area contributed by atoms with Crippen LogP contribution in [0.3, 0.4) is 0 Å². The largest absolute Gasteiger partial charge is 0.497 e. The van der Waals surface area contributed by atoms with Gasteiger partial charge in [-0.3, -0.25) is 14.6 Å². The number of sulfonamides is 1. The van der Waals surface area contributed by atoms with Gasteiger partial charge >= 0.3 is 0 Å². The van der Waals surface area contributed by atoms with Crippen molar-refractivity contribution < 1.29 is 22.7 Å². The monoisotopic (exact) mass is 472 g/mol. The first-order valence-corrected chi connectivity index (χ1v) is 12.5. The molecule has 0 aliphatic carbocycles. The Hall–Kier alpha value is -2.98. The topological polar surface area (TPSA) is 100 Å². The van der Waals surface area contributed by atoms with Crippen LogP contribution >= 0.6 is 0 Å². The minimum Gasteiger partial charge on any atom is -0.497 e. The van der Waals surface area contributed by atoms with Gasteiger partial charge in [-0.15, -0.1) is 0 Å². The van der Waals surface area contributed by atoms with Gasteiger partial charge < -0.3 is 14.5 Å². The van der Waals surface area contributed by atoms with E-state index in [1.54, 1.807) is 47.2 Å². The van der Waals surface area contributed by atoms with E-state index in [0.717, 1.165) is 0 Å². The van der Waals surface area contributed by atoms with Gasteiger partial charge in [0.25, 0.3) is 5.91 Å². The van der Waals surface area contributed by atoms with E-state index in [2.05, 4.69) is 4.98 Å². The summed E-state index contributed by atoms with van der Waals surface area (Å²) in [5.74, 6) is 0.485. The number of piperazine rings is 1. The van der Waals surface area contributed by atoms with E-state index in [4.69, 9.17) is 4.74 Å². The molecule has 3 heterocycles. The predicted octanol–water partition coefficient (Wildman–Crippen LogP) is 1.48. The number of hydrogen-bond acceptors (Lipinski definition) is 6. The molecule has 2 fully saturated rings. The van der Waals surface area contributed by atoms with Crippen LogP contribution in [-0.2, 0) is 14.8 Å². The van der Waals surface area contributed by atoms with Crippen LogP contribution in [0.25, 0.3) is 0 Å². The highest BCUT2D eigenvalue weighted by Crippen LogP contribution is 2.25. The van der Waals surface area contributed by atoms with E-state index in [-0.39, 0.29) is 22.6 Å². The molecule has 33 heavy (non-hydrogen) atoms. The van der Waals surface area contributed by atoms with Gasteiger partial charge in [-0.2, -0.15) is 4.31 Å². The van der Waals surface area contributed by atoms with E-state index in [0.29, 0.717) is 63.4 Å². The first-order valence-electron chi connectivity index (χ1n) is 11.0. The van der Waals surface area contributed by atoms with Gasteiger partial charge in [0.05, 0.1) is 7.11 Å². The number of carbonyl (C=O) groups is 2. The summed E-state index contributed by atoms with van der Waals surface area (Å²) < 4.78 is 32.1. The fourth-order valence-electron chi connectivity index (χ4n) is 4.30. The third kappa shape index (κ3) is 5.01. The summed E-state index contributed by atoms with van der Waals surface area (Å²) in [5, 5.41) is 0. The zero-order chi connectivity index (χ0) is 23.4. The Kier molecular flexibility index (Phi) is 6.94. The SMILES string of the molecule is COc1ccc(C(=O)N2CCN(C(=O)C3CCN(S(=O)(=O)c4cccnc4)CC3)CC2)cc1. The fraction of sp³-hybridized carbons (Fsp3) is 0.435. The van der Waals surface area contributed by atoms with Crippen molar-refractivity contribution in [3.8, 4) is 5.75 Å². The Bertz CT molecular complexity index is 1080. The molecule has 0 N–H and O–H groups in total. The molecule has 0 spiro atoms. The predicted molar refractivity (Wildman–Crippen MR) is 121 cm³/mol. The summed E-state index contributed by atoms with van der Waals surface area (Å²) in [6.07, 6.45) is 3.86. The summed E-state index contributed by atoms with van der Waals surface area (Å²) in [4.78, 5) is 33.4. The number of ether oxygens (including phenoxy) is 1. The molecular weight excluding hydrogens is 444 g/mol. The smallest absolute Gasteiger partial charge is 0.253 e. The number of benzene rings is 1. The highest BCUT2D eigenvalue weighted by Gasteiger charge is 2.35. The van der Waals surface area contributed by atoms with E-state index >= 15 is 0 Å². The van der Waals surface area contributed by atoms with Crippen molar-refractivity contribution in [3.63, 3.8) is 0 Å². The molecule has 1 aromatic heterocycles. The van der Waals surface area contributed by atoms with Gasteiger partial charge in [0.2, 0.25) is 15.9 Å². The minimum atomic E-state index is -3.59. The number of pyridine rings is 1. The number of rotatable bonds is 5. The maximum atomic E-state index is 13.0. The molecule has 0 radical (unpaired) electrons. The maximum absolute atomic E-state index is 13.0. The molecule has 2 aliphatic rings. The van der Waals surface area contributed by atoms with Crippen molar-refractivity contribution in [1.29, 1.82) is 0 Å². The van der Waals surface area contributed by atoms with Gasteiger partial charge in [-0.05, 0) is 49.2 Å². The zero-order valence-corrected chi connectivity index (χ0v) is 19.4. The van der Waals surface area contributed by atoms with Gasteiger partial charge in [-0.1, -0.05) is 0 Å². The average molecular weight is 473 g/mol. The lowest BCUT2D eigenvalue weighted by Gasteiger charge is -2.38. The normalized spacial score (nSPS) is 18.2.